The number of likely N-dealkylation sites (tertiary alicyclic amines) is 1. The number of rotatable bonds is 7. The van der Waals surface area contributed by atoms with Crippen LogP contribution in [-0.4, -0.2) is 59.9 Å². The smallest absolute Gasteiger partial charge is 0.475 e. The van der Waals surface area contributed by atoms with E-state index in [2.05, 4.69) is 9.71 Å². The molecule has 1 saturated heterocycles. The second-order valence-electron chi connectivity index (χ2n) is 8.11. The molecule has 3 aromatic rings. The molecule has 1 fully saturated rings. The van der Waals surface area contributed by atoms with Crippen molar-refractivity contribution >= 4 is 39.1 Å². The fourth-order valence-electron chi connectivity index (χ4n) is 3.45. The van der Waals surface area contributed by atoms with E-state index in [-0.39, 0.29) is 35.1 Å². The highest BCUT2D eigenvalue weighted by Crippen LogP contribution is 2.30. The second-order valence-corrected chi connectivity index (χ2v) is 11.1. The number of nitrogens with one attached hydrogen (secondary N) is 2. The third kappa shape index (κ3) is 7.58. The predicted molar refractivity (Wildman–Crippen MR) is 133 cm³/mol. The molecule has 3 heterocycles. The molecule has 2 aromatic heterocycles. The minimum absolute atomic E-state index is 0.0336. The van der Waals surface area contributed by atoms with Gasteiger partial charge in [0, 0.05) is 47.1 Å². The Labute approximate surface area is 223 Å². The van der Waals surface area contributed by atoms with E-state index in [1.54, 1.807) is 24.5 Å². The highest BCUT2D eigenvalue weighted by atomic mass is 32.2. The van der Waals surface area contributed by atoms with Crippen molar-refractivity contribution in [1.29, 1.82) is 5.41 Å². The summed E-state index contributed by atoms with van der Waals surface area (Å²) >= 11 is 1.09. The van der Waals surface area contributed by atoms with Crippen molar-refractivity contribution in [2.75, 3.05) is 6.54 Å². The monoisotopic (exact) mass is 587 g/mol. The molecule has 208 valence electrons. The van der Waals surface area contributed by atoms with E-state index in [1.165, 1.54) is 29.2 Å². The number of hydrogen-bond donors (Lipinski definition) is 4. The lowest BCUT2D eigenvalue weighted by atomic mass is 10.1. The van der Waals surface area contributed by atoms with E-state index in [0.29, 0.717) is 5.56 Å². The number of sulfonamides is 1. The van der Waals surface area contributed by atoms with Crippen LogP contribution in [0.3, 0.4) is 0 Å². The molecule has 1 unspecified atom stereocenters. The van der Waals surface area contributed by atoms with Gasteiger partial charge in [0.1, 0.15) is 21.9 Å². The first-order valence-corrected chi connectivity index (χ1v) is 13.2. The van der Waals surface area contributed by atoms with Crippen LogP contribution in [0.1, 0.15) is 17.5 Å². The van der Waals surface area contributed by atoms with Crippen molar-refractivity contribution in [3.05, 3.63) is 71.8 Å². The number of alkyl halides is 3. The highest BCUT2D eigenvalue weighted by Gasteiger charge is 2.38. The fourth-order valence-corrected chi connectivity index (χ4v) is 5.98. The summed E-state index contributed by atoms with van der Waals surface area (Å²) in [6, 6.07) is 9.88. The minimum atomic E-state index is -5.08. The van der Waals surface area contributed by atoms with Gasteiger partial charge in [-0.05, 0) is 42.8 Å². The van der Waals surface area contributed by atoms with Crippen LogP contribution < -0.4 is 10.5 Å². The van der Waals surface area contributed by atoms with Crippen LogP contribution in [0.5, 0.6) is 0 Å². The van der Waals surface area contributed by atoms with Gasteiger partial charge in [0.15, 0.2) is 0 Å². The number of aliphatic carboxylic acids is 1. The summed E-state index contributed by atoms with van der Waals surface area (Å²) in [6.45, 7) is 0.245. The van der Waals surface area contributed by atoms with E-state index >= 15 is 0 Å². The van der Waals surface area contributed by atoms with Crippen molar-refractivity contribution in [1.82, 2.24) is 14.6 Å². The first-order valence-electron chi connectivity index (χ1n) is 10.9. The average Bonchev–Trinajstić information content (AvgIpc) is 3.49. The predicted octanol–water partition coefficient (Wildman–Crippen LogP) is 2.95. The largest absolute Gasteiger partial charge is 0.490 e. The van der Waals surface area contributed by atoms with Gasteiger partial charge in [-0.3, -0.25) is 15.2 Å². The van der Waals surface area contributed by atoms with Crippen LogP contribution >= 0.6 is 11.3 Å². The van der Waals surface area contributed by atoms with Crippen molar-refractivity contribution in [3.8, 4) is 10.4 Å². The normalized spacial score (nSPS) is 15.5. The highest BCUT2D eigenvalue weighted by molar-refractivity contribution is 7.91. The fraction of sp³-hybridized carbons (Fsp3) is 0.217. The maximum absolute atomic E-state index is 14.2. The van der Waals surface area contributed by atoms with Gasteiger partial charge < -0.3 is 15.7 Å². The lowest BCUT2D eigenvalue weighted by Crippen LogP contribution is -2.41. The number of amidine groups is 1. The summed E-state index contributed by atoms with van der Waals surface area (Å²) in [4.78, 5) is 27.9. The maximum atomic E-state index is 14.2. The zero-order chi connectivity index (χ0) is 29.0. The lowest BCUT2D eigenvalue weighted by Gasteiger charge is -2.18. The van der Waals surface area contributed by atoms with Crippen LogP contribution in [0.4, 0.5) is 17.6 Å². The molecule has 1 amide bonds. The molecule has 4 rings (SSSR count). The molecule has 1 atom stereocenters. The van der Waals surface area contributed by atoms with Crippen molar-refractivity contribution in [3.63, 3.8) is 0 Å². The Morgan fingerprint density at radius 2 is 1.95 bits per heavy atom. The Kier molecular flexibility index (Phi) is 9.03. The van der Waals surface area contributed by atoms with Crippen LogP contribution in [-0.2, 0) is 26.2 Å². The van der Waals surface area contributed by atoms with E-state index in [0.717, 1.165) is 21.8 Å². The molecule has 0 spiro atoms. The summed E-state index contributed by atoms with van der Waals surface area (Å²) in [5.74, 6) is -3.91. The summed E-state index contributed by atoms with van der Waals surface area (Å²) < 4.78 is 74.2. The minimum Gasteiger partial charge on any atom is -0.475 e. The molecular formula is C23H21F4N5O5S2. The van der Waals surface area contributed by atoms with Gasteiger partial charge in [0.05, 0.1) is 0 Å². The number of amides is 1. The van der Waals surface area contributed by atoms with Gasteiger partial charge in [-0.1, -0.05) is 6.07 Å². The summed E-state index contributed by atoms with van der Waals surface area (Å²) in [5, 5.41) is 14.6. The number of carboxylic acid groups (broad SMARTS) is 1. The van der Waals surface area contributed by atoms with Crippen LogP contribution in [0, 0.1) is 11.2 Å². The van der Waals surface area contributed by atoms with Crippen molar-refractivity contribution in [2.24, 2.45) is 5.73 Å². The SMILES string of the molecule is N=C(N)c1ccc(F)c(CN2CCC(NS(=O)(=O)c3ccc(-c4cccnc4)s3)C2=O)c1.O=C(O)C(F)(F)F. The third-order valence-corrected chi connectivity index (χ3v) is 8.45. The molecule has 39 heavy (non-hydrogen) atoms. The van der Waals surface area contributed by atoms with Crippen LogP contribution in [0.15, 0.2) is 59.1 Å². The zero-order valence-corrected chi connectivity index (χ0v) is 21.4. The zero-order valence-electron chi connectivity index (χ0n) is 19.8. The van der Waals surface area contributed by atoms with Gasteiger partial charge >= 0.3 is 12.1 Å². The number of benzene rings is 1. The second kappa shape index (κ2) is 11.9. The van der Waals surface area contributed by atoms with Crippen LogP contribution in [0.25, 0.3) is 10.4 Å². The number of pyridine rings is 1. The van der Waals surface area contributed by atoms with Crippen molar-refractivity contribution < 1.29 is 40.7 Å². The van der Waals surface area contributed by atoms with Crippen molar-refractivity contribution in [2.45, 2.75) is 29.4 Å². The molecule has 16 heteroatoms. The Morgan fingerprint density at radius 3 is 2.54 bits per heavy atom. The number of nitrogens with zero attached hydrogens (tertiary/aromatic N) is 2. The number of aromatic nitrogens is 1. The topological polar surface area (TPSA) is 167 Å². The van der Waals surface area contributed by atoms with E-state index < -0.39 is 39.9 Å². The molecule has 0 radical (unpaired) electrons. The number of carbonyl (C=O) groups is 2. The Balaban J connectivity index is 0.000000532. The van der Waals surface area contributed by atoms with Gasteiger partial charge in [-0.25, -0.2) is 17.6 Å². The van der Waals surface area contributed by atoms with E-state index in [1.807, 2.05) is 6.07 Å². The number of carboxylic acids is 1. The van der Waals surface area contributed by atoms with Gasteiger partial charge in [0.25, 0.3) is 10.0 Å². The standard InChI is InChI=1S/C21H20FN5O3S2.C2HF3O2/c22-16-4-3-13(20(23)24)10-15(16)12-27-9-7-17(21(27)28)26-32(29,30)19-6-5-18(31-19)14-2-1-8-25-11-14;3-2(4,5)1(6)7/h1-6,8,10-11,17,26H,7,9,12H2,(H3,23,24);(H,6,7). The molecule has 5 N–H and O–H groups in total. The Hall–Kier alpha value is -3.89. The molecule has 0 saturated carbocycles. The summed E-state index contributed by atoms with van der Waals surface area (Å²) in [5.41, 5.74) is 6.83. The molecular weight excluding hydrogens is 566 g/mol. The number of carbonyl (C=O) groups excluding carboxylic acids is 1. The van der Waals surface area contributed by atoms with Gasteiger partial charge in [-0.2, -0.15) is 17.9 Å². The van der Waals surface area contributed by atoms with Gasteiger partial charge in [0.2, 0.25) is 5.91 Å². The molecule has 0 aliphatic carbocycles. The number of halogens is 4. The van der Waals surface area contributed by atoms with E-state index in [4.69, 9.17) is 21.0 Å². The van der Waals surface area contributed by atoms with Gasteiger partial charge in [-0.15, -0.1) is 11.3 Å². The van der Waals surface area contributed by atoms with Crippen LogP contribution in [0.2, 0.25) is 0 Å². The quantitative estimate of drug-likeness (QED) is 0.187. The number of hydrogen-bond acceptors (Lipinski definition) is 7. The molecule has 1 aliphatic rings. The number of thiophene rings is 1. The Bertz CT molecular complexity index is 1480. The van der Waals surface area contributed by atoms with E-state index in [9.17, 15) is 30.8 Å². The molecule has 0 bridgehead atoms. The summed E-state index contributed by atoms with van der Waals surface area (Å²) in [7, 11) is -3.90. The maximum Gasteiger partial charge on any atom is 0.490 e. The average molecular weight is 588 g/mol. The first kappa shape index (κ1) is 29.7. The molecule has 1 aliphatic heterocycles. The summed E-state index contributed by atoms with van der Waals surface area (Å²) in [6.07, 6.45) is -1.53. The lowest BCUT2D eigenvalue weighted by molar-refractivity contribution is -0.192. The first-order chi connectivity index (χ1) is 18.2. The number of nitrogen functional groups attached to an aromatic ring is 1. The molecule has 10 nitrogen and oxygen atoms in total. The Morgan fingerprint density at radius 1 is 1.26 bits per heavy atom. The number of nitrogens with two attached hydrogens (primary N) is 1. The molecule has 1 aromatic carbocycles. The third-order valence-electron chi connectivity index (χ3n) is 5.35.